The Morgan fingerprint density at radius 1 is 1.33 bits per heavy atom. The highest BCUT2D eigenvalue weighted by atomic mass is 79.9. The minimum atomic E-state index is 0.481. The number of fused-ring (bicyclic) bond motifs is 1. The number of alkyl halides is 1. The van der Waals surface area contributed by atoms with Crippen molar-refractivity contribution in [2.24, 2.45) is 0 Å². The number of hydrogen-bond acceptors (Lipinski definition) is 1. The zero-order valence-electron chi connectivity index (χ0n) is 9.29. The molecule has 1 aromatic carbocycles. The highest BCUT2D eigenvalue weighted by molar-refractivity contribution is 9.09. The first kappa shape index (κ1) is 11.0. The quantitative estimate of drug-likeness (QED) is 0.740. The van der Waals surface area contributed by atoms with Crippen LogP contribution in [-0.4, -0.2) is 11.4 Å². The van der Waals surface area contributed by atoms with Crippen molar-refractivity contribution >= 4 is 15.9 Å². The molecule has 0 N–H and O–H groups in total. The van der Waals surface area contributed by atoms with E-state index in [9.17, 15) is 0 Å². The minimum absolute atomic E-state index is 0.481. The van der Waals surface area contributed by atoms with Gasteiger partial charge in [0, 0.05) is 4.83 Å². The van der Waals surface area contributed by atoms with Crippen molar-refractivity contribution in [3.63, 3.8) is 0 Å². The van der Waals surface area contributed by atoms with Gasteiger partial charge >= 0.3 is 0 Å². The van der Waals surface area contributed by atoms with Gasteiger partial charge in [-0.05, 0) is 29.9 Å². The van der Waals surface area contributed by atoms with Crippen LogP contribution in [0.3, 0.4) is 0 Å². The second-order valence-corrected chi connectivity index (χ2v) is 5.70. The van der Waals surface area contributed by atoms with Crippen molar-refractivity contribution in [2.75, 3.05) is 6.61 Å². The number of aryl methyl sites for hydroxylation is 1. The molecule has 1 aromatic rings. The molecule has 0 amide bonds. The minimum Gasteiger partial charge on any atom is -0.493 e. The van der Waals surface area contributed by atoms with E-state index >= 15 is 0 Å². The van der Waals surface area contributed by atoms with Gasteiger partial charge in [-0.3, -0.25) is 0 Å². The van der Waals surface area contributed by atoms with E-state index in [2.05, 4.69) is 48.0 Å². The Morgan fingerprint density at radius 2 is 2.13 bits per heavy atom. The van der Waals surface area contributed by atoms with Gasteiger partial charge in [-0.2, -0.15) is 0 Å². The van der Waals surface area contributed by atoms with Crippen LogP contribution in [0.15, 0.2) is 18.2 Å². The topological polar surface area (TPSA) is 9.23 Å². The summed E-state index contributed by atoms with van der Waals surface area (Å²) in [6.45, 7) is 5.30. The third-order valence-corrected chi connectivity index (χ3v) is 3.94. The van der Waals surface area contributed by atoms with E-state index < -0.39 is 0 Å². The highest BCUT2D eigenvalue weighted by Gasteiger charge is 2.20. The van der Waals surface area contributed by atoms with Crippen LogP contribution in [0.25, 0.3) is 0 Å². The smallest absolute Gasteiger partial charge is 0.125 e. The molecule has 2 atom stereocenters. The molecule has 1 aliphatic heterocycles. The second-order valence-electron chi connectivity index (χ2n) is 4.25. The van der Waals surface area contributed by atoms with E-state index in [-0.39, 0.29) is 0 Å². The average Bonchev–Trinajstić information content (AvgIpc) is 2.27. The lowest BCUT2D eigenvalue weighted by Crippen LogP contribution is -2.13. The summed E-state index contributed by atoms with van der Waals surface area (Å²) in [6, 6.07) is 6.52. The molecule has 0 aliphatic carbocycles. The number of hydrogen-bond donors (Lipinski definition) is 0. The molecule has 1 nitrogen and oxygen atoms in total. The molecule has 1 heterocycles. The number of para-hydroxylation sites is 1. The van der Waals surface area contributed by atoms with Crippen LogP contribution in [0.1, 0.15) is 37.3 Å². The molecule has 82 valence electrons. The summed E-state index contributed by atoms with van der Waals surface area (Å²) in [5, 5.41) is 0. The van der Waals surface area contributed by atoms with Crippen LogP contribution >= 0.6 is 15.9 Å². The van der Waals surface area contributed by atoms with Crippen molar-refractivity contribution in [2.45, 2.75) is 37.4 Å². The second kappa shape index (κ2) is 4.56. The lowest BCUT2D eigenvalue weighted by molar-refractivity contribution is 0.283. The maximum absolute atomic E-state index is 5.81. The Hall–Kier alpha value is -0.500. The van der Waals surface area contributed by atoms with Crippen LogP contribution in [0.2, 0.25) is 0 Å². The maximum atomic E-state index is 5.81. The molecular formula is C13H17BrO. The van der Waals surface area contributed by atoms with Gasteiger partial charge in [0.25, 0.3) is 0 Å². The molecule has 0 bridgehead atoms. The third-order valence-electron chi connectivity index (χ3n) is 3.14. The van der Waals surface area contributed by atoms with Crippen molar-refractivity contribution in [3.8, 4) is 5.75 Å². The van der Waals surface area contributed by atoms with E-state index in [4.69, 9.17) is 4.74 Å². The number of ether oxygens (including phenoxy) is 1. The van der Waals surface area contributed by atoms with Gasteiger partial charge in [0.05, 0.1) is 6.61 Å². The molecular weight excluding hydrogens is 252 g/mol. The van der Waals surface area contributed by atoms with Crippen molar-refractivity contribution in [1.29, 1.82) is 0 Å². The first-order valence-corrected chi connectivity index (χ1v) is 6.50. The molecule has 0 saturated heterocycles. The Balaban J connectivity index is 2.39. The average molecular weight is 269 g/mol. The molecule has 0 aromatic heterocycles. The Morgan fingerprint density at radius 3 is 2.87 bits per heavy atom. The Kier molecular flexibility index (Phi) is 3.35. The van der Waals surface area contributed by atoms with Crippen molar-refractivity contribution in [1.82, 2.24) is 0 Å². The van der Waals surface area contributed by atoms with Crippen LogP contribution in [-0.2, 0) is 6.42 Å². The molecule has 0 spiro atoms. The highest BCUT2D eigenvalue weighted by Crippen LogP contribution is 2.36. The molecule has 1 aliphatic rings. The summed E-state index contributed by atoms with van der Waals surface area (Å²) in [6.07, 6.45) is 2.31. The lowest BCUT2D eigenvalue weighted by atomic mass is 9.93. The van der Waals surface area contributed by atoms with Gasteiger partial charge in [0.15, 0.2) is 0 Å². The fourth-order valence-corrected chi connectivity index (χ4v) is 2.31. The first-order chi connectivity index (χ1) is 7.20. The summed E-state index contributed by atoms with van der Waals surface area (Å²) >= 11 is 3.65. The molecule has 2 unspecified atom stereocenters. The summed E-state index contributed by atoms with van der Waals surface area (Å²) in [4.78, 5) is 0.481. The van der Waals surface area contributed by atoms with Crippen molar-refractivity contribution in [3.05, 3.63) is 29.3 Å². The summed E-state index contributed by atoms with van der Waals surface area (Å²) < 4.78 is 5.81. The Labute approximate surface area is 100.0 Å². The van der Waals surface area contributed by atoms with Gasteiger partial charge in [-0.25, -0.2) is 0 Å². The first-order valence-electron chi connectivity index (χ1n) is 5.59. The molecule has 0 fully saturated rings. The maximum Gasteiger partial charge on any atom is 0.125 e. The van der Waals surface area contributed by atoms with E-state index in [0.29, 0.717) is 10.7 Å². The van der Waals surface area contributed by atoms with Gasteiger partial charge in [0.2, 0.25) is 0 Å². The number of benzene rings is 1. The summed E-state index contributed by atoms with van der Waals surface area (Å²) in [7, 11) is 0. The van der Waals surface area contributed by atoms with Crippen LogP contribution < -0.4 is 4.74 Å². The number of halogens is 1. The zero-order valence-corrected chi connectivity index (χ0v) is 10.9. The Bertz CT molecular complexity index is 346. The molecule has 15 heavy (non-hydrogen) atoms. The van der Waals surface area contributed by atoms with Crippen LogP contribution in [0.4, 0.5) is 0 Å². The summed E-state index contributed by atoms with van der Waals surface area (Å²) in [5.74, 6) is 1.64. The predicted octanol–water partition coefficient (Wildman–Crippen LogP) is 3.90. The van der Waals surface area contributed by atoms with Gasteiger partial charge < -0.3 is 4.74 Å². The molecule has 0 radical (unpaired) electrons. The fraction of sp³-hybridized carbons (Fsp3) is 0.538. The van der Waals surface area contributed by atoms with Gasteiger partial charge in [0.1, 0.15) is 5.75 Å². The van der Waals surface area contributed by atoms with Crippen molar-refractivity contribution < 1.29 is 4.74 Å². The van der Waals surface area contributed by atoms with Crippen LogP contribution in [0, 0.1) is 0 Å². The SMILES string of the molecule is CC(Br)C(C)c1cccc2c1OCCC2. The monoisotopic (exact) mass is 268 g/mol. The molecule has 2 heteroatoms. The number of rotatable bonds is 2. The van der Waals surface area contributed by atoms with E-state index in [1.807, 2.05) is 0 Å². The summed E-state index contributed by atoms with van der Waals surface area (Å²) in [5.41, 5.74) is 2.72. The third kappa shape index (κ3) is 2.20. The lowest BCUT2D eigenvalue weighted by Gasteiger charge is -2.24. The van der Waals surface area contributed by atoms with E-state index in [1.54, 1.807) is 0 Å². The molecule has 2 rings (SSSR count). The van der Waals surface area contributed by atoms with Gasteiger partial charge in [-0.1, -0.05) is 48.0 Å². The molecule has 0 saturated carbocycles. The predicted molar refractivity (Wildman–Crippen MR) is 67.1 cm³/mol. The van der Waals surface area contributed by atoms with Crippen LogP contribution in [0.5, 0.6) is 5.75 Å². The van der Waals surface area contributed by atoms with E-state index in [1.165, 1.54) is 11.1 Å². The largest absolute Gasteiger partial charge is 0.493 e. The standard InChI is InChI=1S/C13H17BrO/c1-9(10(2)14)12-7-3-5-11-6-4-8-15-13(11)12/h3,5,7,9-10H,4,6,8H2,1-2H3. The zero-order chi connectivity index (χ0) is 10.8. The van der Waals surface area contributed by atoms with Gasteiger partial charge in [-0.15, -0.1) is 0 Å². The van der Waals surface area contributed by atoms with E-state index in [0.717, 1.165) is 25.2 Å². The fourth-order valence-electron chi connectivity index (χ4n) is 2.02. The normalized spacial score (nSPS) is 18.9.